The van der Waals surface area contributed by atoms with Gasteiger partial charge in [-0.1, -0.05) is 24.3 Å². The molecule has 3 heteroatoms. The van der Waals surface area contributed by atoms with Gasteiger partial charge in [0.1, 0.15) is 0 Å². The van der Waals surface area contributed by atoms with Gasteiger partial charge in [0, 0.05) is 12.2 Å². The summed E-state index contributed by atoms with van der Waals surface area (Å²) < 4.78 is 30.2. The molecule has 0 bridgehead atoms. The number of halogens is 2. The molecule has 0 radical (unpaired) electrons. The van der Waals surface area contributed by atoms with Crippen LogP contribution in [0.4, 0.5) is 8.78 Å². The van der Waals surface area contributed by atoms with E-state index in [1.54, 1.807) is 12.1 Å². The van der Waals surface area contributed by atoms with E-state index in [2.05, 4.69) is 0 Å². The summed E-state index contributed by atoms with van der Waals surface area (Å²) >= 11 is 0. The smallest absolute Gasteiger partial charge is 0.263 e. The van der Waals surface area contributed by atoms with Crippen molar-refractivity contribution in [1.29, 1.82) is 0 Å². The summed E-state index contributed by atoms with van der Waals surface area (Å²) in [6.07, 6.45) is -2.41. The van der Waals surface area contributed by atoms with Crippen LogP contribution >= 0.6 is 0 Å². The Kier molecular flexibility index (Phi) is 3.80. The van der Waals surface area contributed by atoms with Gasteiger partial charge in [0.15, 0.2) is 0 Å². The molecule has 0 saturated heterocycles. The van der Waals surface area contributed by atoms with Crippen LogP contribution in [0.5, 0.6) is 0 Å². The van der Waals surface area contributed by atoms with Crippen molar-refractivity contribution in [2.45, 2.75) is 32.8 Å². The average molecular weight is 214 g/mol. The van der Waals surface area contributed by atoms with Crippen LogP contribution in [0.2, 0.25) is 0 Å². The second-order valence-electron chi connectivity index (χ2n) is 3.87. The third kappa shape index (κ3) is 2.99. The topological polar surface area (TPSA) is 9.23 Å². The van der Waals surface area contributed by atoms with Crippen LogP contribution in [-0.2, 0) is 10.3 Å². The van der Waals surface area contributed by atoms with Gasteiger partial charge in [-0.25, -0.2) is 8.78 Å². The number of benzene rings is 1. The molecule has 0 unspecified atom stereocenters. The van der Waals surface area contributed by atoms with Gasteiger partial charge in [-0.2, -0.15) is 0 Å². The lowest BCUT2D eigenvalue weighted by Gasteiger charge is -2.25. The first-order valence-electron chi connectivity index (χ1n) is 5.00. The fourth-order valence-electron chi connectivity index (χ4n) is 1.47. The van der Waals surface area contributed by atoms with Crippen LogP contribution in [0.3, 0.4) is 0 Å². The van der Waals surface area contributed by atoms with Crippen molar-refractivity contribution < 1.29 is 13.5 Å². The molecule has 1 aromatic carbocycles. The molecule has 0 aliphatic carbocycles. The quantitative estimate of drug-likeness (QED) is 0.738. The Bertz CT molecular complexity index is 304. The minimum absolute atomic E-state index is 0.0473. The highest BCUT2D eigenvalue weighted by molar-refractivity contribution is 5.27. The predicted molar refractivity (Wildman–Crippen MR) is 56.1 cm³/mol. The van der Waals surface area contributed by atoms with Gasteiger partial charge in [0.25, 0.3) is 6.43 Å². The van der Waals surface area contributed by atoms with E-state index in [4.69, 9.17) is 4.74 Å². The molecule has 0 aliphatic heterocycles. The summed E-state index contributed by atoms with van der Waals surface area (Å²) in [4.78, 5) is 0. The average Bonchev–Trinajstić information content (AvgIpc) is 2.18. The van der Waals surface area contributed by atoms with Crippen molar-refractivity contribution in [3.63, 3.8) is 0 Å². The van der Waals surface area contributed by atoms with Crippen LogP contribution in [0, 0.1) is 0 Å². The first-order valence-corrected chi connectivity index (χ1v) is 5.00. The summed E-state index contributed by atoms with van der Waals surface area (Å²) in [5.74, 6) is 0. The highest BCUT2D eigenvalue weighted by atomic mass is 19.3. The van der Waals surface area contributed by atoms with E-state index >= 15 is 0 Å². The zero-order valence-electron chi connectivity index (χ0n) is 9.26. The number of ether oxygens (including phenoxy) is 1. The standard InChI is InChI=1S/C12H16F2O/c1-4-15-12(2,3)10-7-5-9(6-8-10)11(13)14/h5-8,11H,4H2,1-3H3. The number of rotatable bonds is 4. The van der Waals surface area contributed by atoms with Crippen LogP contribution in [-0.4, -0.2) is 6.61 Å². The monoisotopic (exact) mass is 214 g/mol. The van der Waals surface area contributed by atoms with Crippen LogP contribution in [0.15, 0.2) is 24.3 Å². The minimum atomic E-state index is -2.41. The molecule has 84 valence electrons. The van der Waals surface area contributed by atoms with Gasteiger partial charge in [-0.15, -0.1) is 0 Å². The van der Waals surface area contributed by atoms with Gasteiger partial charge in [-0.05, 0) is 26.3 Å². The van der Waals surface area contributed by atoms with Crippen molar-refractivity contribution >= 4 is 0 Å². The number of alkyl halides is 2. The number of hydrogen-bond acceptors (Lipinski definition) is 1. The molecule has 0 aliphatic rings. The van der Waals surface area contributed by atoms with Crippen molar-refractivity contribution in [3.8, 4) is 0 Å². The summed E-state index contributed by atoms with van der Waals surface area (Å²) in [7, 11) is 0. The maximum absolute atomic E-state index is 12.3. The van der Waals surface area contributed by atoms with E-state index in [1.165, 1.54) is 12.1 Å². The van der Waals surface area contributed by atoms with E-state index in [1.807, 2.05) is 20.8 Å². The molecule has 0 aromatic heterocycles. The molecule has 1 rings (SSSR count). The Morgan fingerprint density at radius 3 is 2.13 bits per heavy atom. The Labute approximate surface area is 89.1 Å². The molecule has 1 aromatic rings. The highest BCUT2D eigenvalue weighted by Crippen LogP contribution is 2.27. The van der Waals surface area contributed by atoms with Crippen molar-refractivity contribution in [2.75, 3.05) is 6.61 Å². The Balaban J connectivity index is 2.88. The van der Waals surface area contributed by atoms with Gasteiger partial charge >= 0.3 is 0 Å². The molecule has 15 heavy (non-hydrogen) atoms. The van der Waals surface area contributed by atoms with Crippen LogP contribution in [0.25, 0.3) is 0 Å². The lowest BCUT2D eigenvalue weighted by atomic mass is 9.97. The SMILES string of the molecule is CCOC(C)(C)c1ccc(C(F)F)cc1. The molecule has 0 spiro atoms. The minimum Gasteiger partial charge on any atom is -0.371 e. The lowest BCUT2D eigenvalue weighted by molar-refractivity contribution is -0.0140. The molecule has 0 atom stereocenters. The van der Waals surface area contributed by atoms with Crippen molar-refractivity contribution in [2.24, 2.45) is 0 Å². The second-order valence-corrected chi connectivity index (χ2v) is 3.87. The molecule has 0 N–H and O–H groups in total. The fraction of sp³-hybridized carbons (Fsp3) is 0.500. The zero-order chi connectivity index (χ0) is 11.5. The fourth-order valence-corrected chi connectivity index (χ4v) is 1.47. The normalized spacial score (nSPS) is 12.1. The third-order valence-corrected chi connectivity index (χ3v) is 2.36. The van der Waals surface area contributed by atoms with Gasteiger partial charge in [0.05, 0.1) is 5.60 Å². The molecule has 0 amide bonds. The summed E-state index contributed by atoms with van der Waals surface area (Å²) in [5, 5.41) is 0. The molecule has 1 nitrogen and oxygen atoms in total. The maximum atomic E-state index is 12.3. The lowest BCUT2D eigenvalue weighted by Crippen LogP contribution is -2.21. The van der Waals surface area contributed by atoms with Crippen LogP contribution < -0.4 is 0 Å². The largest absolute Gasteiger partial charge is 0.371 e. The van der Waals surface area contributed by atoms with Crippen LogP contribution in [0.1, 0.15) is 38.3 Å². The Hall–Kier alpha value is -0.960. The van der Waals surface area contributed by atoms with Crippen molar-refractivity contribution in [3.05, 3.63) is 35.4 Å². The third-order valence-electron chi connectivity index (χ3n) is 2.36. The molecular weight excluding hydrogens is 198 g/mol. The molecule has 0 saturated carbocycles. The van der Waals surface area contributed by atoms with E-state index < -0.39 is 12.0 Å². The maximum Gasteiger partial charge on any atom is 0.263 e. The highest BCUT2D eigenvalue weighted by Gasteiger charge is 2.20. The summed E-state index contributed by atoms with van der Waals surface area (Å²) in [6, 6.07) is 6.27. The summed E-state index contributed by atoms with van der Waals surface area (Å²) in [6.45, 7) is 6.36. The molecule has 0 heterocycles. The van der Waals surface area contributed by atoms with E-state index in [0.717, 1.165) is 5.56 Å². The molecule has 0 fully saturated rings. The van der Waals surface area contributed by atoms with E-state index in [0.29, 0.717) is 6.61 Å². The summed E-state index contributed by atoms with van der Waals surface area (Å²) in [5.41, 5.74) is 0.537. The first kappa shape index (κ1) is 12.1. The first-order chi connectivity index (χ1) is 6.97. The number of hydrogen-bond donors (Lipinski definition) is 0. The predicted octanol–water partition coefficient (Wildman–Crippen LogP) is 3.90. The second kappa shape index (κ2) is 4.71. The van der Waals surface area contributed by atoms with Gasteiger partial charge in [-0.3, -0.25) is 0 Å². The van der Waals surface area contributed by atoms with Gasteiger partial charge < -0.3 is 4.74 Å². The molecular formula is C12H16F2O. The van der Waals surface area contributed by atoms with E-state index in [9.17, 15) is 8.78 Å². The Morgan fingerprint density at radius 1 is 1.20 bits per heavy atom. The Morgan fingerprint density at radius 2 is 1.73 bits per heavy atom. The van der Waals surface area contributed by atoms with Crippen molar-refractivity contribution in [1.82, 2.24) is 0 Å². The van der Waals surface area contributed by atoms with Gasteiger partial charge in [0.2, 0.25) is 0 Å². The van der Waals surface area contributed by atoms with E-state index in [-0.39, 0.29) is 5.56 Å². The zero-order valence-corrected chi connectivity index (χ0v) is 9.26.